The predicted octanol–water partition coefficient (Wildman–Crippen LogP) is 3.34. The zero-order valence-electron chi connectivity index (χ0n) is 9.15. The summed E-state index contributed by atoms with van der Waals surface area (Å²) in [6.45, 7) is 1.72. The summed E-state index contributed by atoms with van der Waals surface area (Å²) in [5.74, 6) is 0. The fourth-order valence-corrected chi connectivity index (χ4v) is 2.20. The van der Waals surface area contributed by atoms with E-state index in [1.807, 2.05) is 0 Å². The van der Waals surface area contributed by atoms with Crippen molar-refractivity contribution in [3.8, 4) is 10.6 Å². The summed E-state index contributed by atoms with van der Waals surface area (Å²) < 4.78 is 37.0. The summed E-state index contributed by atoms with van der Waals surface area (Å²) in [5, 5.41) is 0.482. The van der Waals surface area contributed by atoms with Gasteiger partial charge in [-0.3, -0.25) is 9.78 Å². The molecule has 0 atom stereocenters. The average molecular weight is 272 g/mol. The molecule has 0 unspecified atom stereocenters. The number of hydrogen-bond donors (Lipinski definition) is 0. The van der Waals surface area contributed by atoms with Gasteiger partial charge < -0.3 is 0 Å². The normalized spacial score (nSPS) is 11.6. The van der Waals surface area contributed by atoms with Crippen molar-refractivity contribution >= 4 is 17.6 Å². The number of thiazole rings is 1. The van der Waals surface area contributed by atoms with Crippen molar-refractivity contribution in [1.82, 2.24) is 9.97 Å². The van der Waals surface area contributed by atoms with Gasteiger partial charge in [0.25, 0.3) is 0 Å². The van der Waals surface area contributed by atoms with Crippen LogP contribution in [0.25, 0.3) is 10.6 Å². The molecule has 0 bridgehead atoms. The second-order valence-electron chi connectivity index (χ2n) is 3.51. The second-order valence-corrected chi connectivity index (χ2v) is 4.71. The summed E-state index contributed by atoms with van der Waals surface area (Å²) >= 11 is 1.24. The Bertz CT molecular complexity index is 575. The van der Waals surface area contributed by atoms with Gasteiger partial charge in [0.2, 0.25) is 0 Å². The molecule has 0 saturated carbocycles. The molecule has 0 N–H and O–H groups in total. The first-order chi connectivity index (χ1) is 8.41. The van der Waals surface area contributed by atoms with E-state index in [0.717, 1.165) is 17.1 Å². The van der Waals surface area contributed by atoms with E-state index in [2.05, 4.69) is 9.97 Å². The van der Waals surface area contributed by atoms with Crippen molar-refractivity contribution in [2.24, 2.45) is 0 Å². The number of aromatic nitrogens is 2. The highest BCUT2D eigenvalue weighted by molar-refractivity contribution is 7.15. The van der Waals surface area contributed by atoms with E-state index in [1.165, 1.54) is 17.4 Å². The van der Waals surface area contributed by atoms with Crippen LogP contribution in [0, 0.1) is 6.92 Å². The van der Waals surface area contributed by atoms with Crippen molar-refractivity contribution in [3.63, 3.8) is 0 Å². The largest absolute Gasteiger partial charge is 0.433 e. The third kappa shape index (κ3) is 2.40. The molecular weight excluding hydrogens is 265 g/mol. The Morgan fingerprint density at radius 3 is 2.50 bits per heavy atom. The average Bonchev–Trinajstić information content (AvgIpc) is 2.69. The summed E-state index contributed by atoms with van der Waals surface area (Å²) in [5.41, 5.74) is -0.186. The van der Waals surface area contributed by atoms with E-state index >= 15 is 0 Å². The summed E-state index contributed by atoms with van der Waals surface area (Å²) in [6.07, 6.45) is -2.73. The molecule has 0 saturated heterocycles. The van der Waals surface area contributed by atoms with Gasteiger partial charge in [0.05, 0.1) is 0 Å². The summed E-state index contributed by atoms with van der Waals surface area (Å²) in [7, 11) is 0. The Labute approximate surface area is 104 Å². The zero-order valence-corrected chi connectivity index (χ0v) is 9.97. The van der Waals surface area contributed by atoms with E-state index in [0.29, 0.717) is 22.6 Å². The van der Waals surface area contributed by atoms with Gasteiger partial charge in [-0.15, -0.1) is 11.3 Å². The first kappa shape index (κ1) is 12.7. The molecule has 2 aromatic heterocycles. The second kappa shape index (κ2) is 4.49. The minimum absolute atomic E-state index is 0.301. The van der Waals surface area contributed by atoms with Gasteiger partial charge in [0.15, 0.2) is 6.29 Å². The first-order valence-electron chi connectivity index (χ1n) is 4.88. The van der Waals surface area contributed by atoms with Gasteiger partial charge in [-0.1, -0.05) is 0 Å². The molecule has 2 heterocycles. The number of alkyl halides is 3. The topological polar surface area (TPSA) is 42.9 Å². The van der Waals surface area contributed by atoms with Crippen molar-refractivity contribution in [1.29, 1.82) is 0 Å². The summed E-state index contributed by atoms with van der Waals surface area (Å²) in [6, 6.07) is 2.19. The number of nitrogens with zero attached hydrogens (tertiary/aromatic N) is 2. The number of carbonyl (C=O) groups is 1. The maximum atomic E-state index is 12.3. The Morgan fingerprint density at radius 2 is 2.06 bits per heavy atom. The predicted molar refractivity (Wildman–Crippen MR) is 60.5 cm³/mol. The van der Waals surface area contributed by atoms with Crippen LogP contribution in [-0.4, -0.2) is 16.3 Å². The Balaban J connectivity index is 2.37. The van der Waals surface area contributed by atoms with Crippen LogP contribution < -0.4 is 0 Å². The Kier molecular flexibility index (Phi) is 3.16. The molecule has 0 spiro atoms. The van der Waals surface area contributed by atoms with Crippen LogP contribution in [-0.2, 0) is 6.18 Å². The maximum Gasteiger partial charge on any atom is 0.433 e. The quantitative estimate of drug-likeness (QED) is 0.787. The van der Waals surface area contributed by atoms with Crippen LogP contribution in [0.4, 0.5) is 13.2 Å². The van der Waals surface area contributed by atoms with Crippen LogP contribution in [0.2, 0.25) is 0 Å². The number of pyridine rings is 1. The Hall–Kier alpha value is -1.76. The first-order valence-corrected chi connectivity index (χ1v) is 5.69. The monoisotopic (exact) mass is 272 g/mol. The smallest absolute Gasteiger partial charge is 0.296 e. The molecule has 2 aromatic rings. The summed E-state index contributed by atoms with van der Waals surface area (Å²) in [4.78, 5) is 18.7. The van der Waals surface area contributed by atoms with Crippen molar-refractivity contribution in [3.05, 3.63) is 34.6 Å². The molecule has 0 amide bonds. The van der Waals surface area contributed by atoms with E-state index < -0.39 is 11.9 Å². The van der Waals surface area contributed by atoms with Crippen molar-refractivity contribution in [2.75, 3.05) is 0 Å². The highest BCUT2D eigenvalue weighted by Crippen LogP contribution is 2.30. The Morgan fingerprint density at radius 1 is 1.33 bits per heavy atom. The molecule has 0 radical (unpaired) electrons. The molecule has 18 heavy (non-hydrogen) atoms. The molecule has 0 aliphatic rings. The van der Waals surface area contributed by atoms with E-state index in [4.69, 9.17) is 0 Å². The van der Waals surface area contributed by atoms with Gasteiger partial charge >= 0.3 is 6.18 Å². The number of aryl methyl sites for hydroxylation is 1. The minimum atomic E-state index is -4.45. The number of hydrogen-bond acceptors (Lipinski definition) is 4. The van der Waals surface area contributed by atoms with Gasteiger partial charge in [-0.25, -0.2) is 4.98 Å². The van der Waals surface area contributed by atoms with Crippen LogP contribution in [0.5, 0.6) is 0 Å². The molecule has 0 fully saturated rings. The van der Waals surface area contributed by atoms with Gasteiger partial charge in [-0.05, 0) is 19.1 Å². The molecule has 0 aliphatic carbocycles. The molecule has 7 heteroatoms. The van der Waals surface area contributed by atoms with E-state index in [-0.39, 0.29) is 0 Å². The molecule has 2 rings (SSSR count). The lowest BCUT2D eigenvalue weighted by molar-refractivity contribution is -0.141. The minimum Gasteiger partial charge on any atom is -0.296 e. The number of halogens is 3. The maximum absolute atomic E-state index is 12.3. The lowest BCUT2D eigenvalue weighted by Crippen LogP contribution is -2.07. The highest BCUT2D eigenvalue weighted by Gasteiger charge is 2.32. The SMILES string of the molecule is Cc1sc(-c2ccc(C(F)(F)F)nc2)nc1C=O. The van der Waals surface area contributed by atoms with Crippen LogP contribution in [0.3, 0.4) is 0 Å². The lowest BCUT2D eigenvalue weighted by atomic mass is 10.2. The van der Waals surface area contributed by atoms with Gasteiger partial charge in [-0.2, -0.15) is 13.2 Å². The molecular formula is C11H7F3N2OS. The highest BCUT2D eigenvalue weighted by atomic mass is 32.1. The third-order valence-corrected chi connectivity index (χ3v) is 3.28. The number of carbonyl (C=O) groups excluding carboxylic acids is 1. The van der Waals surface area contributed by atoms with Crippen molar-refractivity contribution in [2.45, 2.75) is 13.1 Å². The van der Waals surface area contributed by atoms with Crippen LogP contribution in [0.15, 0.2) is 18.3 Å². The zero-order chi connectivity index (χ0) is 13.3. The fraction of sp³-hybridized carbons (Fsp3) is 0.182. The van der Waals surface area contributed by atoms with E-state index in [9.17, 15) is 18.0 Å². The lowest BCUT2D eigenvalue weighted by Gasteiger charge is -2.05. The number of rotatable bonds is 2. The van der Waals surface area contributed by atoms with Gasteiger partial charge in [0, 0.05) is 16.6 Å². The fourth-order valence-electron chi connectivity index (χ4n) is 1.33. The van der Waals surface area contributed by atoms with Gasteiger partial charge in [0.1, 0.15) is 16.4 Å². The molecule has 3 nitrogen and oxygen atoms in total. The van der Waals surface area contributed by atoms with Crippen molar-refractivity contribution < 1.29 is 18.0 Å². The third-order valence-electron chi connectivity index (χ3n) is 2.24. The standard InChI is InChI=1S/C11H7F3N2OS/c1-6-8(5-17)16-10(18-6)7-2-3-9(15-4-7)11(12,13)14/h2-5H,1H3. The number of aldehydes is 1. The van der Waals surface area contributed by atoms with Crippen LogP contribution >= 0.6 is 11.3 Å². The molecule has 0 aliphatic heterocycles. The molecule has 0 aromatic carbocycles. The molecule has 94 valence electrons. The van der Waals surface area contributed by atoms with E-state index in [1.54, 1.807) is 6.92 Å². The van der Waals surface area contributed by atoms with Crippen LogP contribution in [0.1, 0.15) is 21.1 Å².